The van der Waals surface area contributed by atoms with Gasteiger partial charge in [-0.3, -0.25) is 10.1 Å². The van der Waals surface area contributed by atoms with E-state index in [-0.39, 0.29) is 30.3 Å². The van der Waals surface area contributed by atoms with Gasteiger partial charge in [-0.2, -0.15) is 4.31 Å². The molecule has 1 heterocycles. The first-order chi connectivity index (χ1) is 9.68. The van der Waals surface area contributed by atoms with E-state index >= 15 is 0 Å². The molecular formula is C12H17N3O5S. The highest BCUT2D eigenvalue weighted by Crippen LogP contribution is 2.35. The van der Waals surface area contributed by atoms with Crippen LogP contribution in [-0.4, -0.2) is 42.9 Å². The predicted molar refractivity (Wildman–Crippen MR) is 76.3 cm³/mol. The van der Waals surface area contributed by atoms with Gasteiger partial charge in [-0.25, -0.2) is 8.42 Å². The number of benzene rings is 1. The van der Waals surface area contributed by atoms with Gasteiger partial charge in [0, 0.05) is 6.54 Å². The number of nitrogen functional groups attached to an aromatic ring is 1. The Morgan fingerprint density at radius 2 is 2.10 bits per heavy atom. The van der Waals surface area contributed by atoms with Crippen LogP contribution in [-0.2, 0) is 14.8 Å². The van der Waals surface area contributed by atoms with Crippen LogP contribution < -0.4 is 5.73 Å². The number of nitro groups is 1. The Labute approximate surface area is 122 Å². The number of hydrogen-bond donors (Lipinski definition) is 1. The average Bonchev–Trinajstić information content (AvgIpc) is 2.37. The third-order valence-corrected chi connectivity index (χ3v) is 5.49. The second kappa shape index (κ2) is 5.24. The van der Waals surface area contributed by atoms with Crippen molar-refractivity contribution in [2.24, 2.45) is 0 Å². The lowest BCUT2D eigenvalue weighted by Crippen LogP contribution is -2.55. The summed E-state index contributed by atoms with van der Waals surface area (Å²) in [5.74, 6) is 0. The van der Waals surface area contributed by atoms with Gasteiger partial charge in [0.1, 0.15) is 5.69 Å². The first kappa shape index (κ1) is 15.7. The lowest BCUT2D eigenvalue weighted by Gasteiger charge is -2.40. The van der Waals surface area contributed by atoms with Crippen molar-refractivity contribution in [3.05, 3.63) is 28.3 Å². The number of sulfonamides is 1. The lowest BCUT2D eigenvalue weighted by atomic mass is 10.1. The molecule has 0 saturated carbocycles. The van der Waals surface area contributed by atoms with E-state index < -0.39 is 26.2 Å². The van der Waals surface area contributed by atoms with Gasteiger partial charge in [-0.1, -0.05) is 6.07 Å². The van der Waals surface area contributed by atoms with Gasteiger partial charge in [-0.15, -0.1) is 0 Å². The van der Waals surface area contributed by atoms with Crippen molar-refractivity contribution in [3.63, 3.8) is 0 Å². The maximum atomic E-state index is 12.8. The second-order valence-corrected chi connectivity index (χ2v) is 7.22. The second-order valence-electron chi connectivity index (χ2n) is 5.39. The summed E-state index contributed by atoms with van der Waals surface area (Å²) in [6.07, 6.45) is 0. The van der Waals surface area contributed by atoms with Crippen LogP contribution >= 0.6 is 0 Å². The molecule has 1 aliphatic heterocycles. The van der Waals surface area contributed by atoms with E-state index in [0.29, 0.717) is 0 Å². The number of ether oxygens (including phenoxy) is 1. The molecule has 2 rings (SSSR count). The Hall–Kier alpha value is -1.71. The number of nitrogens with zero attached hydrogens (tertiary/aromatic N) is 2. The van der Waals surface area contributed by atoms with Gasteiger partial charge in [-0.05, 0) is 26.0 Å². The summed E-state index contributed by atoms with van der Waals surface area (Å²) in [6.45, 7) is 4.03. The Kier molecular flexibility index (Phi) is 3.91. The number of morpholine rings is 1. The normalized spacial score (nSPS) is 19.3. The van der Waals surface area contributed by atoms with Gasteiger partial charge >= 0.3 is 5.69 Å². The molecule has 0 radical (unpaired) electrons. The van der Waals surface area contributed by atoms with Crippen molar-refractivity contribution < 1.29 is 18.1 Å². The third-order valence-electron chi connectivity index (χ3n) is 3.35. The van der Waals surface area contributed by atoms with Crippen molar-refractivity contribution >= 4 is 21.4 Å². The summed E-state index contributed by atoms with van der Waals surface area (Å²) in [7, 11) is -4.04. The molecule has 9 heteroatoms. The van der Waals surface area contributed by atoms with Crippen LogP contribution in [0.4, 0.5) is 11.4 Å². The topological polar surface area (TPSA) is 116 Å². The molecule has 21 heavy (non-hydrogen) atoms. The van der Waals surface area contributed by atoms with Gasteiger partial charge in [0.2, 0.25) is 0 Å². The zero-order valence-corrected chi connectivity index (χ0v) is 12.6. The third kappa shape index (κ3) is 2.71. The standard InChI is InChI=1S/C12H17N3O5S/c1-12(2)8-20-7-6-14(12)21(18,19)10-5-3-4-9(13)11(10)15(16)17/h3-5H,6-8,13H2,1-2H3. The molecule has 1 aromatic rings. The first-order valence-electron chi connectivity index (χ1n) is 6.31. The molecule has 116 valence electrons. The molecular weight excluding hydrogens is 298 g/mol. The Bertz CT molecular complexity index is 671. The van der Waals surface area contributed by atoms with E-state index in [1.165, 1.54) is 22.5 Å². The SMILES string of the molecule is CC1(C)COCCN1S(=O)(=O)c1cccc(N)c1[N+](=O)[O-]. The van der Waals surface area contributed by atoms with Crippen molar-refractivity contribution in [2.45, 2.75) is 24.3 Å². The number of rotatable bonds is 3. The summed E-state index contributed by atoms with van der Waals surface area (Å²) in [5, 5.41) is 11.2. The minimum absolute atomic E-state index is 0.140. The number of anilines is 1. The maximum absolute atomic E-state index is 12.8. The molecule has 1 aliphatic rings. The Balaban J connectivity index is 2.60. The highest BCUT2D eigenvalue weighted by molar-refractivity contribution is 7.89. The van der Waals surface area contributed by atoms with Gasteiger partial charge in [0.05, 0.1) is 23.7 Å². The van der Waals surface area contributed by atoms with E-state index in [1.807, 2.05) is 0 Å². The van der Waals surface area contributed by atoms with E-state index in [2.05, 4.69) is 0 Å². The molecule has 2 N–H and O–H groups in total. The fourth-order valence-electron chi connectivity index (χ4n) is 2.35. The molecule has 0 atom stereocenters. The highest BCUT2D eigenvalue weighted by Gasteiger charge is 2.42. The number of nitrogens with two attached hydrogens (primary N) is 1. The number of nitro benzene ring substituents is 1. The van der Waals surface area contributed by atoms with E-state index in [4.69, 9.17) is 10.5 Å². The van der Waals surface area contributed by atoms with Crippen molar-refractivity contribution in [1.82, 2.24) is 4.31 Å². The Morgan fingerprint density at radius 3 is 2.67 bits per heavy atom. The number of hydrogen-bond acceptors (Lipinski definition) is 6. The predicted octanol–water partition coefficient (Wildman–Crippen LogP) is 0.977. The minimum Gasteiger partial charge on any atom is -0.393 e. The van der Waals surface area contributed by atoms with Gasteiger partial charge in [0.15, 0.2) is 4.90 Å². The Morgan fingerprint density at radius 1 is 1.43 bits per heavy atom. The van der Waals surface area contributed by atoms with Gasteiger partial charge in [0.25, 0.3) is 10.0 Å². The average molecular weight is 315 g/mol. The summed E-state index contributed by atoms with van der Waals surface area (Å²) in [5.41, 5.74) is 4.03. The van der Waals surface area contributed by atoms with E-state index in [1.54, 1.807) is 13.8 Å². The molecule has 0 aliphatic carbocycles. The summed E-state index contributed by atoms with van der Waals surface area (Å²) >= 11 is 0. The summed E-state index contributed by atoms with van der Waals surface area (Å²) in [6, 6.07) is 3.90. The molecule has 0 spiro atoms. The monoisotopic (exact) mass is 315 g/mol. The van der Waals surface area contributed by atoms with Crippen LogP contribution in [0.5, 0.6) is 0 Å². The smallest absolute Gasteiger partial charge is 0.312 e. The van der Waals surface area contributed by atoms with Crippen LogP contribution in [0.1, 0.15) is 13.8 Å². The molecule has 0 amide bonds. The molecule has 1 aromatic carbocycles. The molecule has 0 unspecified atom stereocenters. The molecule has 1 saturated heterocycles. The van der Waals surface area contributed by atoms with Gasteiger partial charge < -0.3 is 10.5 Å². The fourth-order valence-corrected chi connectivity index (χ4v) is 4.29. The first-order valence-corrected chi connectivity index (χ1v) is 7.75. The van der Waals surface area contributed by atoms with Crippen LogP contribution in [0.2, 0.25) is 0 Å². The van der Waals surface area contributed by atoms with E-state index in [0.717, 1.165) is 0 Å². The van der Waals surface area contributed by atoms with Crippen molar-refractivity contribution in [3.8, 4) is 0 Å². The maximum Gasteiger partial charge on any atom is 0.312 e. The zero-order chi connectivity index (χ0) is 15.8. The molecule has 0 bridgehead atoms. The fraction of sp³-hybridized carbons (Fsp3) is 0.500. The number of para-hydroxylation sites is 1. The lowest BCUT2D eigenvalue weighted by molar-refractivity contribution is -0.386. The summed E-state index contributed by atoms with van der Waals surface area (Å²) < 4.78 is 32.1. The summed E-state index contributed by atoms with van der Waals surface area (Å²) in [4.78, 5) is 10.00. The van der Waals surface area contributed by atoms with Crippen LogP contribution in [0.15, 0.2) is 23.1 Å². The quantitative estimate of drug-likeness (QED) is 0.505. The minimum atomic E-state index is -4.04. The van der Waals surface area contributed by atoms with E-state index in [9.17, 15) is 18.5 Å². The molecule has 0 aromatic heterocycles. The zero-order valence-electron chi connectivity index (χ0n) is 11.8. The molecule has 1 fully saturated rings. The van der Waals surface area contributed by atoms with Crippen LogP contribution in [0.3, 0.4) is 0 Å². The van der Waals surface area contributed by atoms with Crippen molar-refractivity contribution in [2.75, 3.05) is 25.5 Å². The van der Waals surface area contributed by atoms with Crippen molar-refractivity contribution in [1.29, 1.82) is 0 Å². The highest BCUT2D eigenvalue weighted by atomic mass is 32.2. The molecule has 8 nitrogen and oxygen atoms in total. The van der Waals surface area contributed by atoms with Crippen LogP contribution in [0.25, 0.3) is 0 Å². The largest absolute Gasteiger partial charge is 0.393 e. The van der Waals surface area contributed by atoms with Crippen LogP contribution in [0, 0.1) is 10.1 Å².